The molecule has 1 N–H and O–H groups in total. The van der Waals surface area contributed by atoms with Gasteiger partial charge in [-0.25, -0.2) is 0 Å². The second kappa shape index (κ2) is 7.55. The average Bonchev–Trinajstić information content (AvgIpc) is 2.40. The van der Waals surface area contributed by atoms with E-state index >= 15 is 0 Å². The van der Waals surface area contributed by atoms with E-state index in [1.54, 1.807) is 0 Å². The van der Waals surface area contributed by atoms with Gasteiger partial charge < -0.3 is 9.84 Å². The van der Waals surface area contributed by atoms with Crippen molar-refractivity contribution in [3.63, 3.8) is 0 Å². The highest BCUT2D eigenvalue weighted by Gasteiger charge is 2.31. The summed E-state index contributed by atoms with van der Waals surface area (Å²) in [4.78, 5) is 0. The van der Waals surface area contributed by atoms with Gasteiger partial charge >= 0.3 is 0 Å². The predicted molar refractivity (Wildman–Crippen MR) is 75.7 cm³/mol. The van der Waals surface area contributed by atoms with Gasteiger partial charge in [0.2, 0.25) is 0 Å². The second-order valence-electron chi connectivity index (χ2n) is 4.99. The number of aliphatic hydroxyl groups excluding tert-OH is 1. The molecule has 0 radical (unpaired) electrons. The molecule has 0 saturated heterocycles. The zero-order valence-electron chi connectivity index (χ0n) is 11.9. The summed E-state index contributed by atoms with van der Waals surface area (Å²) in [5.74, 6) is 0. The maximum absolute atomic E-state index is 10.3. The molecule has 0 spiro atoms. The van der Waals surface area contributed by atoms with Crippen LogP contribution in [0.3, 0.4) is 0 Å². The number of rotatable bonds is 8. The molecule has 0 amide bonds. The van der Waals surface area contributed by atoms with Crippen molar-refractivity contribution in [3.8, 4) is 0 Å². The van der Waals surface area contributed by atoms with Gasteiger partial charge in [-0.3, -0.25) is 0 Å². The molecule has 0 aliphatic rings. The van der Waals surface area contributed by atoms with Crippen LogP contribution in [0.2, 0.25) is 0 Å². The molecule has 18 heavy (non-hydrogen) atoms. The van der Waals surface area contributed by atoms with Crippen LogP contribution in [0.15, 0.2) is 30.3 Å². The molecule has 0 bridgehead atoms. The Bertz CT molecular complexity index is 323. The van der Waals surface area contributed by atoms with Crippen LogP contribution in [0.5, 0.6) is 0 Å². The van der Waals surface area contributed by atoms with Crippen molar-refractivity contribution in [1.29, 1.82) is 0 Å². The topological polar surface area (TPSA) is 29.5 Å². The van der Waals surface area contributed by atoms with Gasteiger partial charge in [-0.05, 0) is 45.1 Å². The molecule has 1 rings (SSSR count). The van der Waals surface area contributed by atoms with Gasteiger partial charge in [-0.2, -0.15) is 0 Å². The Hall–Kier alpha value is -0.860. The van der Waals surface area contributed by atoms with Crippen molar-refractivity contribution in [2.45, 2.75) is 58.2 Å². The normalized spacial score (nSPS) is 16.2. The molecular weight excluding hydrogens is 224 g/mol. The van der Waals surface area contributed by atoms with E-state index < -0.39 is 5.60 Å². The molecular formula is C16H26O2. The second-order valence-corrected chi connectivity index (χ2v) is 4.99. The van der Waals surface area contributed by atoms with Crippen LogP contribution in [0.4, 0.5) is 0 Å². The minimum atomic E-state index is -0.397. The molecule has 102 valence electrons. The molecule has 2 unspecified atom stereocenters. The summed E-state index contributed by atoms with van der Waals surface area (Å²) >= 11 is 0. The van der Waals surface area contributed by atoms with Crippen molar-refractivity contribution >= 4 is 0 Å². The van der Waals surface area contributed by atoms with Gasteiger partial charge in [0.05, 0.1) is 11.7 Å². The van der Waals surface area contributed by atoms with Crippen LogP contribution in [0, 0.1) is 0 Å². The molecule has 0 saturated carbocycles. The monoisotopic (exact) mass is 250 g/mol. The Kier molecular flexibility index (Phi) is 6.37. The van der Waals surface area contributed by atoms with E-state index in [0.717, 1.165) is 25.7 Å². The van der Waals surface area contributed by atoms with Gasteiger partial charge in [0, 0.05) is 6.61 Å². The fourth-order valence-electron chi connectivity index (χ4n) is 2.21. The van der Waals surface area contributed by atoms with Crippen LogP contribution >= 0.6 is 0 Å². The first-order valence-electron chi connectivity index (χ1n) is 6.98. The van der Waals surface area contributed by atoms with Gasteiger partial charge in [-0.15, -0.1) is 0 Å². The van der Waals surface area contributed by atoms with E-state index in [9.17, 15) is 5.11 Å². The van der Waals surface area contributed by atoms with E-state index in [2.05, 4.69) is 31.2 Å². The first-order valence-corrected chi connectivity index (χ1v) is 6.98. The van der Waals surface area contributed by atoms with Crippen LogP contribution in [0.1, 0.15) is 45.6 Å². The summed E-state index contributed by atoms with van der Waals surface area (Å²) in [5, 5.41) is 10.3. The molecule has 2 heteroatoms. The fraction of sp³-hybridized carbons (Fsp3) is 0.625. The lowest BCUT2D eigenvalue weighted by Gasteiger charge is -2.33. The average molecular weight is 250 g/mol. The van der Waals surface area contributed by atoms with Gasteiger partial charge in [0.25, 0.3) is 0 Å². The number of hydrogen-bond acceptors (Lipinski definition) is 2. The maximum Gasteiger partial charge on any atom is 0.0909 e. The van der Waals surface area contributed by atoms with E-state index in [4.69, 9.17) is 4.74 Å². The van der Waals surface area contributed by atoms with Gasteiger partial charge in [0.15, 0.2) is 0 Å². The molecule has 0 aromatic heterocycles. The van der Waals surface area contributed by atoms with Crippen LogP contribution in [-0.4, -0.2) is 23.4 Å². The maximum atomic E-state index is 10.3. The minimum Gasteiger partial charge on any atom is -0.390 e. The van der Waals surface area contributed by atoms with E-state index in [1.165, 1.54) is 5.56 Å². The summed E-state index contributed by atoms with van der Waals surface area (Å²) in [6.45, 7) is 6.70. The largest absolute Gasteiger partial charge is 0.390 e. The lowest BCUT2D eigenvalue weighted by atomic mass is 9.91. The Labute approximate surface area is 111 Å². The highest BCUT2D eigenvalue weighted by atomic mass is 16.5. The van der Waals surface area contributed by atoms with Crippen LogP contribution < -0.4 is 0 Å². The fourth-order valence-corrected chi connectivity index (χ4v) is 2.21. The summed E-state index contributed by atoms with van der Waals surface area (Å²) in [5.41, 5.74) is 0.935. The minimum absolute atomic E-state index is 0.383. The first-order chi connectivity index (χ1) is 8.62. The highest BCUT2D eigenvalue weighted by Crippen LogP contribution is 2.23. The Balaban J connectivity index is 2.38. The summed E-state index contributed by atoms with van der Waals surface area (Å²) < 4.78 is 5.69. The van der Waals surface area contributed by atoms with Crippen molar-refractivity contribution in [2.75, 3.05) is 6.61 Å². The standard InChI is InChI=1S/C16H26O2/c1-4-16(3,18-5-2)15(17)13-9-12-14-10-7-6-8-11-14/h6-8,10-11,15,17H,4-5,9,12-13H2,1-3H3. The van der Waals surface area contributed by atoms with E-state index in [0.29, 0.717) is 6.61 Å². The zero-order chi connectivity index (χ0) is 13.4. The predicted octanol–water partition coefficient (Wildman–Crippen LogP) is 3.58. The SMILES string of the molecule is CCOC(C)(CC)C(O)CCCc1ccccc1. The molecule has 0 aliphatic carbocycles. The summed E-state index contributed by atoms with van der Waals surface area (Å²) in [7, 11) is 0. The molecule has 1 aromatic rings. The van der Waals surface area contributed by atoms with Gasteiger partial charge in [0.1, 0.15) is 0 Å². The Morgan fingerprint density at radius 2 is 1.89 bits per heavy atom. The summed E-state index contributed by atoms with van der Waals surface area (Å²) in [6, 6.07) is 10.4. The van der Waals surface area contributed by atoms with Crippen molar-refractivity contribution in [1.82, 2.24) is 0 Å². The van der Waals surface area contributed by atoms with Gasteiger partial charge in [-0.1, -0.05) is 37.3 Å². The molecule has 0 aliphatic heterocycles. The third-order valence-corrected chi connectivity index (χ3v) is 3.67. The molecule has 1 aromatic carbocycles. The molecule has 2 atom stereocenters. The molecule has 2 nitrogen and oxygen atoms in total. The lowest BCUT2D eigenvalue weighted by Crippen LogP contribution is -2.41. The van der Waals surface area contributed by atoms with Crippen LogP contribution in [0.25, 0.3) is 0 Å². The number of aryl methyl sites for hydroxylation is 1. The van der Waals surface area contributed by atoms with Crippen molar-refractivity contribution in [3.05, 3.63) is 35.9 Å². The third kappa shape index (κ3) is 4.43. The summed E-state index contributed by atoms with van der Waals surface area (Å²) in [6.07, 6.45) is 3.26. The first kappa shape index (κ1) is 15.2. The third-order valence-electron chi connectivity index (χ3n) is 3.67. The van der Waals surface area contributed by atoms with E-state index in [-0.39, 0.29) is 6.10 Å². The zero-order valence-corrected chi connectivity index (χ0v) is 11.9. The smallest absolute Gasteiger partial charge is 0.0909 e. The van der Waals surface area contributed by atoms with Crippen molar-refractivity contribution in [2.24, 2.45) is 0 Å². The molecule has 0 fully saturated rings. The number of ether oxygens (including phenoxy) is 1. The highest BCUT2D eigenvalue weighted by molar-refractivity contribution is 5.14. The van der Waals surface area contributed by atoms with Crippen molar-refractivity contribution < 1.29 is 9.84 Å². The lowest BCUT2D eigenvalue weighted by molar-refractivity contribution is -0.113. The number of hydrogen-bond donors (Lipinski definition) is 1. The van der Waals surface area contributed by atoms with E-state index in [1.807, 2.05) is 19.9 Å². The Morgan fingerprint density at radius 1 is 1.22 bits per heavy atom. The quantitative estimate of drug-likeness (QED) is 0.764. The number of benzene rings is 1. The Morgan fingerprint density at radius 3 is 2.44 bits per heavy atom. The number of aliphatic hydroxyl groups is 1. The van der Waals surface area contributed by atoms with Crippen LogP contribution in [-0.2, 0) is 11.2 Å². The molecule has 0 heterocycles.